The lowest BCUT2D eigenvalue weighted by Crippen LogP contribution is -2.20. The van der Waals surface area contributed by atoms with Crippen molar-refractivity contribution < 1.29 is 13.9 Å². The summed E-state index contributed by atoms with van der Waals surface area (Å²) < 4.78 is 18.6. The van der Waals surface area contributed by atoms with Gasteiger partial charge in [-0.15, -0.1) is 11.3 Å². The summed E-state index contributed by atoms with van der Waals surface area (Å²) in [6, 6.07) is 4.67. The van der Waals surface area contributed by atoms with Crippen LogP contribution in [-0.2, 0) is 4.79 Å². The molecule has 0 saturated heterocycles. The van der Waals surface area contributed by atoms with Crippen LogP contribution in [0.25, 0.3) is 11.3 Å². The van der Waals surface area contributed by atoms with E-state index in [2.05, 4.69) is 10.3 Å². The van der Waals surface area contributed by atoms with E-state index in [4.69, 9.17) is 4.74 Å². The molecular formula is C16H19FN2O2S. The molecule has 1 amide bonds. The number of hydrogen-bond donors (Lipinski definition) is 1. The van der Waals surface area contributed by atoms with Crippen LogP contribution in [0.4, 0.5) is 9.52 Å². The second-order valence-electron chi connectivity index (χ2n) is 5.07. The van der Waals surface area contributed by atoms with Gasteiger partial charge in [0.05, 0.1) is 12.8 Å². The maximum Gasteiger partial charge on any atom is 0.228 e. The summed E-state index contributed by atoms with van der Waals surface area (Å²) >= 11 is 1.33. The van der Waals surface area contributed by atoms with E-state index < -0.39 is 5.82 Å². The van der Waals surface area contributed by atoms with Gasteiger partial charge in [0.2, 0.25) is 5.91 Å². The number of carbonyl (C=O) groups is 1. The maximum atomic E-state index is 13.7. The number of thiazole rings is 1. The first kappa shape index (κ1) is 16.4. The van der Waals surface area contributed by atoms with Gasteiger partial charge in [-0.25, -0.2) is 9.37 Å². The number of nitrogens with zero attached hydrogens (tertiary/aromatic N) is 1. The van der Waals surface area contributed by atoms with Gasteiger partial charge in [0.15, 0.2) is 16.7 Å². The highest BCUT2D eigenvalue weighted by molar-refractivity contribution is 7.14. The van der Waals surface area contributed by atoms with E-state index in [1.165, 1.54) is 24.5 Å². The third-order valence-electron chi connectivity index (χ3n) is 3.35. The number of amides is 1. The van der Waals surface area contributed by atoms with Crippen molar-refractivity contribution in [2.45, 2.75) is 26.7 Å². The van der Waals surface area contributed by atoms with Crippen LogP contribution in [0, 0.1) is 11.7 Å². The van der Waals surface area contributed by atoms with Crippen LogP contribution in [0.2, 0.25) is 0 Å². The molecule has 118 valence electrons. The normalized spacial score (nSPS) is 12.0. The second kappa shape index (κ2) is 7.35. The highest BCUT2D eigenvalue weighted by Crippen LogP contribution is 2.28. The molecule has 0 aliphatic carbocycles. The minimum Gasteiger partial charge on any atom is -0.494 e. The van der Waals surface area contributed by atoms with Crippen LogP contribution in [0.15, 0.2) is 23.6 Å². The van der Waals surface area contributed by atoms with Crippen molar-refractivity contribution in [2.24, 2.45) is 5.92 Å². The van der Waals surface area contributed by atoms with Gasteiger partial charge in [-0.2, -0.15) is 0 Å². The Kier molecular flexibility index (Phi) is 5.49. The number of hydrogen-bond acceptors (Lipinski definition) is 4. The lowest BCUT2D eigenvalue weighted by molar-refractivity contribution is -0.119. The van der Waals surface area contributed by atoms with Crippen LogP contribution < -0.4 is 10.1 Å². The molecule has 2 aromatic rings. The molecule has 0 aliphatic rings. The summed E-state index contributed by atoms with van der Waals surface area (Å²) in [6.45, 7) is 3.94. The van der Waals surface area contributed by atoms with Crippen molar-refractivity contribution in [3.63, 3.8) is 0 Å². The van der Waals surface area contributed by atoms with Crippen molar-refractivity contribution in [1.29, 1.82) is 0 Å². The van der Waals surface area contributed by atoms with Crippen LogP contribution in [-0.4, -0.2) is 18.0 Å². The number of nitrogens with one attached hydrogen (secondary N) is 1. The van der Waals surface area contributed by atoms with Crippen LogP contribution in [0.5, 0.6) is 5.75 Å². The smallest absolute Gasteiger partial charge is 0.228 e. The van der Waals surface area contributed by atoms with Gasteiger partial charge in [0.25, 0.3) is 0 Å². The van der Waals surface area contributed by atoms with Crippen molar-refractivity contribution in [3.8, 4) is 17.0 Å². The number of rotatable bonds is 6. The molecule has 4 nitrogen and oxygen atoms in total. The van der Waals surface area contributed by atoms with E-state index in [0.29, 0.717) is 16.4 Å². The molecule has 0 radical (unpaired) electrons. The molecular weight excluding hydrogens is 303 g/mol. The van der Waals surface area contributed by atoms with E-state index in [1.54, 1.807) is 17.5 Å². The van der Waals surface area contributed by atoms with Gasteiger partial charge in [-0.1, -0.05) is 20.3 Å². The average Bonchev–Trinajstić information content (AvgIpc) is 2.95. The summed E-state index contributed by atoms with van der Waals surface area (Å²) in [5.74, 6) is -0.324. The number of anilines is 1. The Bertz CT molecular complexity index is 657. The SMILES string of the molecule is CCCC(C)C(=O)Nc1nc(-c2ccc(OC)c(F)c2)cs1. The first-order valence-corrected chi connectivity index (χ1v) is 8.03. The summed E-state index contributed by atoms with van der Waals surface area (Å²) in [6.07, 6.45) is 1.80. The monoisotopic (exact) mass is 322 g/mol. The van der Waals surface area contributed by atoms with Crippen molar-refractivity contribution in [1.82, 2.24) is 4.98 Å². The Labute approximate surface area is 133 Å². The minimum absolute atomic E-state index is 0.0383. The van der Waals surface area contributed by atoms with Crippen molar-refractivity contribution in [3.05, 3.63) is 29.4 Å². The predicted molar refractivity (Wildman–Crippen MR) is 86.8 cm³/mol. The Morgan fingerprint density at radius 1 is 1.50 bits per heavy atom. The third-order valence-corrected chi connectivity index (χ3v) is 4.11. The lowest BCUT2D eigenvalue weighted by atomic mass is 10.1. The standard InChI is InChI=1S/C16H19FN2O2S/c1-4-5-10(2)15(20)19-16-18-13(9-22-16)11-6-7-14(21-3)12(17)8-11/h6-10H,4-5H2,1-3H3,(H,18,19,20). The van der Waals surface area contributed by atoms with Crippen molar-refractivity contribution >= 4 is 22.4 Å². The highest BCUT2D eigenvalue weighted by Gasteiger charge is 2.14. The molecule has 6 heteroatoms. The largest absolute Gasteiger partial charge is 0.494 e. The molecule has 1 unspecified atom stereocenters. The lowest BCUT2D eigenvalue weighted by Gasteiger charge is -2.08. The fourth-order valence-electron chi connectivity index (χ4n) is 2.08. The minimum atomic E-state index is -0.435. The fraction of sp³-hybridized carbons (Fsp3) is 0.375. The van der Waals surface area contributed by atoms with Gasteiger partial charge in [-0.3, -0.25) is 4.79 Å². The molecule has 1 aromatic heterocycles. The maximum absolute atomic E-state index is 13.7. The highest BCUT2D eigenvalue weighted by atomic mass is 32.1. The first-order chi connectivity index (χ1) is 10.5. The number of methoxy groups -OCH3 is 1. The molecule has 0 bridgehead atoms. The molecule has 2 rings (SSSR count). The molecule has 1 N–H and O–H groups in total. The number of benzene rings is 1. The molecule has 0 spiro atoms. The number of ether oxygens (including phenoxy) is 1. The number of halogens is 1. The topological polar surface area (TPSA) is 51.2 Å². The molecule has 1 atom stereocenters. The Morgan fingerprint density at radius 2 is 2.27 bits per heavy atom. The predicted octanol–water partition coefficient (Wildman–Crippen LogP) is 4.33. The van der Waals surface area contributed by atoms with E-state index in [0.717, 1.165) is 12.8 Å². The Balaban J connectivity index is 2.11. The van der Waals surface area contributed by atoms with Crippen LogP contribution in [0.1, 0.15) is 26.7 Å². The summed E-state index contributed by atoms with van der Waals surface area (Å²) in [5, 5.41) is 5.12. The average molecular weight is 322 g/mol. The van der Waals surface area contributed by atoms with Gasteiger partial charge in [-0.05, 0) is 24.6 Å². The van der Waals surface area contributed by atoms with Crippen LogP contribution in [0.3, 0.4) is 0 Å². The zero-order valence-electron chi connectivity index (χ0n) is 12.9. The molecule has 1 heterocycles. The second-order valence-corrected chi connectivity index (χ2v) is 5.92. The van der Waals surface area contributed by atoms with Crippen LogP contribution >= 0.6 is 11.3 Å². The molecule has 0 aliphatic heterocycles. The Hall–Kier alpha value is -1.95. The molecule has 0 fully saturated rings. The molecule has 0 saturated carbocycles. The van der Waals surface area contributed by atoms with E-state index in [-0.39, 0.29) is 17.6 Å². The van der Waals surface area contributed by atoms with Gasteiger partial charge >= 0.3 is 0 Å². The number of aromatic nitrogens is 1. The van der Waals surface area contributed by atoms with Gasteiger partial charge < -0.3 is 10.1 Å². The fourth-order valence-corrected chi connectivity index (χ4v) is 2.80. The molecule has 1 aromatic carbocycles. The Morgan fingerprint density at radius 3 is 2.91 bits per heavy atom. The quantitative estimate of drug-likeness (QED) is 0.861. The third kappa shape index (κ3) is 3.82. The number of carbonyl (C=O) groups excluding carboxylic acids is 1. The molecule has 22 heavy (non-hydrogen) atoms. The summed E-state index contributed by atoms with van der Waals surface area (Å²) in [5.41, 5.74) is 1.28. The van der Waals surface area contributed by atoms with E-state index in [9.17, 15) is 9.18 Å². The summed E-state index contributed by atoms with van der Waals surface area (Å²) in [4.78, 5) is 16.3. The van der Waals surface area contributed by atoms with Gasteiger partial charge in [0.1, 0.15) is 0 Å². The first-order valence-electron chi connectivity index (χ1n) is 7.15. The van der Waals surface area contributed by atoms with E-state index >= 15 is 0 Å². The zero-order chi connectivity index (χ0) is 16.1. The summed E-state index contributed by atoms with van der Waals surface area (Å²) in [7, 11) is 1.42. The zero-order valence-corrected chi connectivity index (χ0v) is 13.7. The van der Waals surface area contributed by atoms with E-state index in [1.807, 2.05) is 13.8 Å². The van der Waals surface area contributed by atoms with Crippen molar-refractivity contribution in [2.75, 3.05) is 12.4 Å². The van der Waals surface area contributed by atoms with Gasteiger partial charge in [0, 0.05) is 16.9 Å².